The average Bonchev–Trinajstić information content (AvgIpc) is 3.13. The van der Waals surface area contributed by atoms with E-state index < -0.39 is 10.8 Å². The van der Waals surface area contributed by atoms with E-state index in [2.05, 4.69) is 5.32 Å². The highest BCUT2D eigenvalue weighted by Gasteiger charge is 2.23. The number of carbonyl (C=O) groups excluding carboxylic acids is 1. The number of ether oxygens (including phenoxy) is 3. The Bertz CT molecular complexity index is 976. The summed E-state index contributed by atoms with van der Waals surface area (Å²) in [6.45, 7) is -0.0529. The maximum absolute atomic E-state index is 12.4. The first-order chi connectivity index (χ1) is 13.0. The molecule has 0 unspecified atom stereocenters. The fourth-order valence-corrected chi connectivity index (χ4v) is 2.40. The number of anilines is 1. The van der Waals surface area contributed by atoms with Gasteiger partial charge in [-0.1, -0.05) is 0 Å². The second-order valence-corrected chi connectivity index (χ2v) is 5.37. The third-order valence-corrected chi connectivity index (χ3v) is 3.73. The largest absolute Gasteiger partial charge is 0.497 e. The lowest BCUT2D eigenvalue weighted by Gasteiger charge is -2.06. The first kappa shape index (κ1) is 17.8. The number of nitrogens with one attached hydrogen (secondary N) is 1. The maximum atomic E-state index is 12.4. The quantitative estimate of drug-likeness (QED) is 0.373. The highest BCUT2D eigenvalue weighted by molar-refractivity contribution is 6.10. The molecule has 3 rings (SSSR count). The molecule has 1 aliphatic rings. The highest BCUT2D eigenvalue weighted by Crippen LogP contribution is 2.38. The van der Waals surface area contributed by atoms with Crippen LogP contribution in [0.1, 0.15) is 5.56 Å². The van der Waals surface area contributed by atoms with Crippen molar-refractivity contribution >= 4 is 23.4 Å². The van der Waals surface area contributed by atoms with E-state index in [4.69, 9.17) is 14.2 Å². The Hall–Kier alpha value is -4.06. The van der Waals surface area contributed by atoms with Gasteiger partial charge >= 0.3 is 0 Å². The Balaban J connectivity index is 1.90. The van der Waals surface area contributed by atoms with E-state index in [1.165, 1.54) is 19.2 Å². The topological polar surface area (TPSA) is 124 Å². The van der Waals surface area contributed by atoms with Crippen LogP contribution in [0.4, 0.5) is 11.4 Å². The molecule has 1 aliphatic heterocycles. The summed E-state index contributed by atoms with van der Waals surface area (Å²) in [4.78, 5) is 23.0. The Kier molecular flexibility index (Phi) is 4.90. The van der Waals surface area contributed by atoms with Gasteiger partial charge in [-0.2, -0.15) is 5.26 Å². The van der Waals surface area contributed by atoms with Crippen LogP contribution >= 0.6 is 0 Å². The predicted molar refractivity (Wildman–Crippen MR) is 94.4 cm³/mol. The molecule has 0 aliphatic carbocycles. The number of fused-ring (bicyclic) bond motifs is 1. The number of nitriles is 1. The molecule has 1 heterocycles. The van der Waals surface area contributed by atoms with Crippen molar-refractivity contribution in [2.75, 3.05) is 19.2 Å². The van der Waals surface area contributed by atoms with Crippen molar-refractivity contribution in [2.24, 2.45) is 0 Å². The lowest BCUT2D eigenvalue weighted by Crippen LogP contribution is -2.13. The predicted octanol–water partition coefficient (Wildman–Crippen LogP) is 2.88. The van der Waals surface area contributed by atoms with Crippen LogP contribution in [0.15, 0.2) is 42.0 Å². The molecule has 0 aromatic heterocycles. The molecule has 0 fully saturated rings. The van der Waals surface area contributed by atoms with E-state index in [1.807, 2.05) is 0 Å². The van der Waals surface area contributed by atoms with Gasteiger partial charge in [0.25, 0.3) is 11.6 Å². The summed E-state index contributed by atoms with van der Waals surface area (Å²) in [6, 6.07) is 10.8. The molecule has 1 N–H and O–H groups in total. The van der Waals surface area contributed by atoms with Gasteiger partial charge in [0.1, 0.15) is 17.4 Å². The van der Waals surface area contributed by atoms with Gasteiger partial charge in [0, 0.05) is 5.69 Å². The van der Waals surface area contributed by atoms with Gasteiger partial charge in [0.05, 0.1) is 23.7 Å². The van der Waals surface area contributed by atoms with E-state index in [-0.39, 0.29) is 29.4 Å². The van der Waals surface area contributed by atoms with Gasteiger partial charge in [-0.25, -0.2) is 0 Å². The zero-order valence-electron chi connectivity index (χ0n) is 14.1. The number of nitro benzene ring substituents is 1. The van der Waals surface area contributed by atoms with Crippen LogP contribution in [0.5, 0.6) is 17.2 Å². The molecule has 0 saturated carbocycles. The SMILES string of the molecule is COc1ccc(NC(=O)/C(C#N)=C\c2cc3c(cc2[N+](=O)[O-])OCO3)cc1. The lowest BCUT2D eigenvalue weighted by atomic mass is 10.1. The van der Waals surface area contributed by atoms with Crippen LogP contribution in [-0.2, 0) is 4.79 Å². The monoisotopic (exact) mass is 367 g/mol. The minimum absolute atomic E-state index is 0.0529. The molecule has 2 aromatic carbocycles. The Morgan fingerprint density at radius 3 is 2.56 bits per heavy atom. The summed E-state index contributed by atoms with van der Waals surface area (Å²) in [5.74, 6) is 0.453. The minimum Gasteiger partial charge on any atom is -0.497 e. The normalized spacial score (nSPS) is 12.2. The van der Waals surface area contributed by atoms with E-state index >= 15 is 0 Å². The minimum atomic E-state index is -0.699. The fourth-order valence-electron chi connectivity index (χ4n) is 2.40. The van der Waals surface area contributed by atoms with E-state index in [9.17, 15) is 20.2 Å². The van der Waals surface area contributed by atoms with Crippen LogP contribution in [0.2, 0.25) is 0 Å². The molecule has 0 atom stereocenters. The van der Waals surface area contributed by atoms with Gasteiger partial charge in [0.15, 0.2) is 11.5 Å². The van der Waals surface area contributed by atoms with Gasteiger partial charge in [0.2, 0.25) is 6.79 Å². The third-order valence-electron chi connectivity index (χ3n) is 3.73. The number of carbonyl (C=O) groups is 1. The molecule has 9 nitrogen and oxygen atoms in total. The Morgan fingerprint density at radius 1 is 1.30 bits per heavy atom. The number of amides is 1. The zero-order chi connectivity index (χ0) is 19.4. The number of methoxy groups -OCH3 is 1. The van der Waals surface area contributed by atoms with Crippen LogP contribution < -0.4 is 19.5 Å². The van der Waals surface area contributed by atoms with Gasteiger partial charge < -0.3 is 19.5 Å². The lowest BCUT2D eigenvalue weighted by molar-refractivity contribution is -0.385. The maximum Gasteiger partial charge on any atom is 0.280 e. The van der Waals surface area contributed by atoms with Crippen LogP contribution in [-0.4, -0.2) is 24.7 Å². The molecule has 9 heteroatoms. The van der Waals surface area contributed by atoms with Crippen LogP contribution in [0.3, 0.4) is 0 Å². The zero-order valence-corrected chi connectivity index (χ0v) is 14.1. The molecular weight excluding hydrogens is 354 g/mol. The number of hydrogen-bond acceptors (Lipinski definition) is 7. The molecule has 2 aromatic rings. The van der Waals surface area contributed by atoms with Crippen molar-refractivity contribution in [3.8, 4) is 23.3 Å². The fraction of sp³-hybridized carbons (Fsp3) is 0.111. The van der Waals surface area contributed by atoms with Crippen molar-refractivity contribution < 1.29 is 23.9 Å². The van der Waals surface area contributed by atoms with Crippen LogP contribution in [0, 0.1) is 21.4 Å². The van der Waals surface area contributed by atoms with Gasteiger partial charge in [-0.3, -0.25) is 14.9 Å². The smallest absolute Gasteiger partial charge is 0.280 e. The summed E-state index contributed by atoms with van der Waals surface area (Å²) in [5, 5.41) is 23.2. The number of nitrogens with zero attached hydrogens (tertiary/aromatic N) is 2. The van der Waals surface area contributed by atoms with E-state index in [1.54, 1.807) is 30.3 Å². The summed E-state index contributed by atoms with van der Waals surface area (Å²) in [6.07, 6.45) is 1.14. The first-order valence-electron chi connectivity index (χ1n) is 7.67. The molecule has 136 valence electrons. The highest BCUT2D eigenvalue weighted by atomic mass is 16.7. The van der Waals surface area contributed by atoms with Crippen molar-refractivity contribution in [3.05, 3.63) is 57.6 Å². The molecule has 0 saturated heterocycles. The number of benzene rings is 2. The van der Waals surface area contributed by atoms with Crippen molar-refractivity contribution in [3.63, 3.8) is 0 Å². The number of nitro groups is 1. The van der Waals surface area contributed by atoms with Crippen molar-refractivity contribution in [1.29, 1.82) is 5.26 Å². The number of hydrogen-bond donors (Lipinski definition) is 1. The molecular formula is C18H13N3O6. The van der Waals surface area contributed by atoms with Crippen LogP contribution in [0.25, 0.3) is 6.08 Å². The molecule has 0 bridgehead atoms. The second-order valence-electron chi connectivity index (χ2n) is 5.37. The molecule has 0 spiro atoms. The average molecular weight is 367 g/mol. The number of rotatable bonds is 5. The van der Waals surface area contributed by atoms with E-state index in [0.29, 0.717) is 17.2 Å². The summed E-state index contributed by atoms with van der Waals surface area (Å²) >= 11 is 0. The van der Waals surface area contributed by atoms with Gasteiger partial charge in [-0.05, 0) is 36.4 Å². The molecule has 0 radical (unpaired) electrons. The third kappa shape index (κ3) is 3.80. The second kappa shape index (κ2) is 7.45. The van der Waals surface area contributed by atoms with Gasteiger partial charge in [-0.15, -0.1) is 0 Å². The molecule has 27 heavy (non-hydrogen) atoms. The molecule has 1 amide bonds. The van der Waals surface area contributed by atoms with Crippen molar-refractivity contribution in [2.45, 2.75) is 0 Å². The first-order valence-corrected chi connectivity index (χ1v) is 7.67. The summed E-state index contributed by atoms with van der Waals surface area (Å²) in [7, 11) is 1.52. The van der Waals surface area contributed by atoms with Crippen molar-refractivity contribution in [1.82, 2.24) is 0 Å². The summed E-state index contributed by atoms with van der Waals surface area (Å²) in [5.41, 5.74) is -0.0927. The van der Waals surface area contributed by atoms with E-state index in [0.717, 1.165) is 6.08 Å². The standard InChI is InChI=1S/C18H13N3O6/c1-25-14-4-2-13(3-5-14)20-18(22)12(9-19)6-11-7-16-17(27-10-26-16)8-15(11)21(23)24/h2-8H,10H2,1H3,(H,20,22)/b12-6-. The Labute approximate surface area is 153 Å². The summed E-state index contributed by atoms with van der Waals surface area (Å²) < 4.78 is 15.3. The Morgan fingerprint density at radius 2 is 1.96 bits per heavy atom.